The predicted octanol–water partition coefficient (Wildman–Crippen LogP) is 2.69. The highest BCUT2D eigenvalue weighted by atomic mass is 16.2. The van der Waals surface area contributed by atoms with Crippen molar-refractivity contribution in [3.05, 3.63) is 35.9 Å². The Labute approximate surface area is 153 Å². The maximum atomic E-state index is 13.1. The molecule has 6 heteroatoms. The van der Waals surface area contributed by atoms with Crippen LogP contribution in [0, 0.1) is 0 Å². The van der Waals surface area contributed by atoms with Crippen LogP contribution in [0.1, 0.15) is 61.3 Å². The van der Waals surface area contributed by atoms with Gasteiger partial charge in [-0.1, -0.05) is 25.3 Å². The molecular formula is C20H26N4O2. The van der Waals surface area contributed by atoms with Gasteiger partial charge in [-0.15, -0.1) is 0 Å². The van der Waals surface area contributed by atoms with E-state index in [1.54, 1.807) is 11.8 Å². The summed E-state index contributed by atoms with van der Waals surface area (Å²) in [6.45, 7) is 3.92. The van der Waals surface area contributed by atoms with Gasteiger partial charge in [-0.2, -0.15) is 0 Å². The lowest BCUT2D eigenvalue weighted by Gasteiger charge is -2.33. The molecule has 0 bridgehead atoms. The van der Waals surface area contributed by atoms with Gasteiger partial charge in [-0.3, -0.25) is 9.59 Å². The Bertz CT molecular complexity index is 814. The van der Waals surface area contributed by atoms with E-state index < -0.39 is 0 Å². The molecule has 1 saturated carbocycles. The van der Waals surface area contributed by atoms with Crippen LogP contribution in [-0.2, 0) is 4.79 Å². The predicted molar refractivity (Wildman–Crippen MR) is 99.2 cm³/mol. The molecule has 26 heavy (non-hydrogen) atoms. The summed E-state index contributed by atoms with van der Waals surface area (Å²) >= 11 is 0. The van der Waals surface area contributed by atoms with Crippen LogP contribution in [0.4, 0.5) is 0 Å². The van der Waals surface area contributed by atoms with E-state index in [1.807, 2.05) is 29.3 Å². The first-order chi connectivity index (χ1) is 12.6. The molecule has 3 heterocycles. The Morgan fingerprint density at radius 3 is 2.38 bits per heavy atom. The standard InChI is InChI=1S/C20H26N4O2/c1-15(25)22-11-13-23(14-12-22)20(26)18-17-9-5-6-10-24(17)19(21-18)16-7-3-2-4-8-16/h5-6,9-10,16H,2-4,7-8,11-14H2,1H3. The highest BCUT2D eigenvalue weighted by Gasteiger charge is 2.29. The SMILES string of the molecule is CC(=O)N1CCN(C(=O)c2nc(C3CCCCC3)n3ccccc23)CC1. The summed E-state index contributed by atoms with van der Waals surface area (Å²) in [6, 6.07) is 5.95. The number of nitrogens with zero attached hydrogens (tertiary/aromatic N) is 4. The molecule has 2 amide bonds. The number of carbonyl (C=O) groups excluding carboxylic acids is 2. The fourth-order valence-electron chi connectivity index (χ4n) is 4.24. The van der Waals surface area contributed by atoms with E-state index in [0.717, 1.165) is 24.2 Å². The molecule has 0 aromatic carbocycles. The summed E-state index contributed by atoms with van der Waals surface area (Å²) < 4.78 is 2.11. The van der Waals surface area contributed by atoms with Crippen LogP contribution < -0.4 is 0 Å². The van der Waals surface area contributed by atoms with Gasteiger partial charge in [0.25, 0.3) is 5.91 Å². The topological polar surface area (TPSA) is 57.9 Å². The summed E-state index contributed by atoms with van der Waals surface area (Å²) in [4.78, 5) is 33.1. The van der Waals surface area contributed by atoms with Gasteiger partial charge in [-0.05, 0) is 25.0 Å². The molecule has 2 aliphatic rings. The largest absolute Gasteiger partial charge is 0.339 e. The van der Waals surface area contributed by atoms with Gasteiger partial charge in [0.15, 0.2) is 5.69 Å². The molecule has 0 radical (unpaired) electrons. The van der Waals surface area contributed by atoms with E-state index in [-0.39, 0.29) is 11.8 Å². The van der Waals surface area contributed by atoms with Crippen molar-refractivity contribution in [2.75, 3.05) is 26.2 Å². The normalized spacial score (nSPS) is 19.1. The minimum absolute atomic E-state index is 0.0149. The van der Waals surface area contributed by atoms with Gasteiger partial charge >= 0.3 is 0 Å². The Morgan fingerprint density at radius 2 is 1.69 bits per heavy atom. The highest BCUT2D eigenvalue weighted by Crippen LogP contribution is 2.33. The molecule has 0 atom stereocenters. The Morgan fingerprint density at radius 1 is 1.00 bits per heavy atom. The van der Waals surface area contributed by atoms with E-state index in [9.17, 15) is 9.59 Å². The van der Waals surface area contributed by atoms with Gasteiger partial charge < -0.3 is 14.2 Å². The molecule has 2 aromatic heterocycles. The molecule has 6 nitrogen and oxygen atoms in total. The molecule has 4 rings (SSSR count). The molecule has 1 aliphatic carbocycles. The number of amides is 2. The minimum Gasteiger partial charge on any atom is -0.339 e. The number of pyridine rings is 1. The van der Waals surface area contributed by atoms with E-state index in [0.29, 0.717) is 37.8 Å². The number of imidazole rings is 1. The van der Waals surface area contributed by atoms with Crippen LogP contribution in [0.15, 0.2) is 24.4 Å². The molecule has 0 unspecified atom stereocenters. The van der Waals surface area contributed by atoms with E-state index in [1.165, 1.54) is 19.3 Å². The zero-order chi connectivity index (χ0) is 18.1. The molecule has 0 N–H and O–H groups in total. The lowest BCUT2D eigenvalue weighted by molar-refractivity contribution is -0.130. The van der Waals surface area contributed by atoms with Crippen LogP contribution in [0.2, 0.25) is 0 Å². The van der Waals surface area contributed by atoms with E-state index in [2.05, 4.69) is 4.40 Å². The van der Waals surface area contributed by atoms with Crippen molar-refractivity contribution in [3.8, 4) is 0 Å². The van der Waals surface area contributed by atoms with Crippen molar-refractivity contribution in [2.24, 2.45) is 0 Å². The number of carbonyl (C=O) groups is 2. The van der Waals surface area contributed by atoms with Gasteiger partial charge in [0, 0.05) is 45.2 Å². The van der Waals surface area contributed by atoms with Crippen molar-refractivity contribution >= 4 is 17.3 Å². The van der Waals surface area contributed by atoms with Gasteiger partial charge in [0.2, 0.25) is 5.91 Å². The lowest BCUT2D eigenvalue weighted by atomic mass is 9.89. The summed E-state index contributed by atoms with van der Waals surface area (Å²) in [5, 5.41) is 0. The molecule has 2 fully saturated rings. The zero-order valence-electron chi connectivity index (χ0n) is 15.4. The number of hydrogen-bond donors (Lipinski definition) is 0. The fourth-order valence-corrected chi connectivity index (χ4v) is 4.24. The third-order valence-electron chi connectivity index (χ3n) is 5.76. The monoisotopic (exact) mass is 354 g/mol. The van der Waals surface area contributed by atoms with Gasteiger partial charge in [0.05, 0.1) is 5.52 Å². The first-order valence-corrected chi connectivity index (χ1v) is 9.67. The summed E-state index contributed by atoms with van der Waals surface area (Å²) in [5.41, 5.74) is 1.45. The fraction of sp³-hybridized carbons (Fsp3) is 0.550. The average Bonchev–Trinajstić information content (AvgIpc) is 3.08. The Kier molecular flexibility index (Phi) is 4.66. The van der Waals surface area contributed by atoms with E-state index in [4.69, 9.17) is 4.98 Å². The molecule has 2 aromatic rings. The smallest absolute Gasteiger partial charge is 0.274 e. The second kappa shape index (κ2) is 7.09. The van der Waals surface area contributed by atoms with Crippen molar-refractivity contribution in [1.29, 1.82) is 0 Å². The second-order valence-electron chi connectivity index (χ2n) is 7.41. The maximum Gasteiger partial charge on any atom is 0.274 e. The quantitative estimate of drug-likeness (QED) is 0.833. The summed E-state index contributed by atoms with van der Waals surface area (Å²) in [6.07, 6.45) is 8.10. The molecule has 1 saturated heterocycles. The van der Waals surface area contributed by atoms with Crippen LogP contribution in [0.25, 0.3) is 5.52 Å². The summed E-state index contributed by atoms with van der Waals surface area (Å²) in [5.74, 6) is 1.53. The van der Waals surface area contributed by atoms with E-state index >= 15 is 0 Å². The molecule has 138 valence electrons. The first-order valence-electron chi connectivity index (χ1n) is 9.67. The Balaban J connectivity index is 1.62. The third kappa shape index (κ3) is 3.08. The maximum absolute atomic E-state index is 13.1. The molecule has 1 aliphatic heterocycles. The van der Waals surface area contributed by atoms with Gasteiger partial charge in [-0.25, -0.2) is 4.98 Å². The van der Waals surface area contributed by atoms with Gasteiger partial charge in [0.1, 0.15) is 5.82 Å². The average molecular weight is 354 g/mol. The minimum atomic E-state index is -0.0149. The number of rotatable bonds is 2. The lowest BCUT2D eigenvalue weighted by Crippen LogP contribution is -2.50. The number of hydrogen-bond acceptors (Lipinski definition) is 3. The van der Waals surface area contributed by atoms with Crippen LogP contribution in [0.3, 0.4) is 0 Å². The first kappa shape index (κ1) is 17.1. The third-order valence-corrected chi connectivity index (χ3v) is 5.76. The number of aromatic nitrogens is 2. The number of piperazine rings is 1. The Hall–Kier alpha value is -2.37. The molecule has 0 spiro atoms. The molecular weight excluding hydrogens is 328 g/mol. The number of fused-ring (bicyclic) bond motifs is 1. The second-order valence-corrected chi connectivity index (χ2v) is 7.41. The van der Waals surface area contributed by atoms with Crippen LogP contribution in [0.5, 0.6) is 0 Å². The van der Waals surface area contributed by atoms with Crippen molar-refractivity contribution < 1.29 is 9.59 Å². The van der Waals surface area contributed by atoms with Crippen LogP contribution >= 0.6 is 0 Å². The van der Waals surface area contributed by atoms with Crippen molar-refractivity contribution in [3.63, 3.8) is 0 Å². The van der Waals surface area contributed by atoms with Crippen LogP contribution in [-0.4, -0.2) is 57.2 Å². The summed E-state index contributed by atoms with van der Waals surface area (Å²) in [7, 11) is 0. The van der Waals surface area contributed by atoms with Crippen molar-refractivity contribution in [2.45, 2.75) is 44.9 Å². The highest BCUT2D eigenvalue weighted by molar-refractivity contribution is 5.99. The van der Waals surface area contributed by atoms with Crippen molar-refractivity contribution in [1.82, 2.24) is 19.2 Å². The zero-order valence-corrected chi connectivity index (χ0v) is 15.4.